The second-order valence-corrected chi connectivity index (χ2v) is 4.00. The van der Waals surface area contributed by atoms with E-state index in [-0.39, 0.29) is 11.9 Å². The molecule has 0 aliphatic rings. The minimum absolute atomic E-state index is 0. The highest BCUT2D eigenvalue weighted by molar-refractivity contribution is 5.71. The van der Waals surface area contributed by atoms with Gasteiger partial charge in [-0.1, -0.05) is 0 Å². The highest BCUT2D eigenvalue weighted by Gasteiger charge is 2.26. The molecule has 0 bridgehead atoms. The first kappa shape index (κ1) is 29.7. The van der Waals surface area contributed by atoms with Gasteiger partial charge in [0.05, 0.1) is 50.6 Å². The van der Waals surface area contributed by atoms with Crippen molar-refractivity contribution in [1.29, 1.82) is 10.5 Å². The highest BCUT2D eigenvalue weighted by atomic mass is 16.5. The molecule has 0 spiro atoms. The SMILES string of the molecule is CCOC(=O)CC#N.N#CCC(=O)O.OCC(CO)(CO)CO.[OH-]. The van der Waals surface area contributed by atoms with Crippen LogP contribution >= 0.6 is 0 Å². The lowest BCUT2D eigenvalue weighted by molar-refractivity contribution is -0.142. The second-order valence-electron chi connectivity index (χ2n) is 4.00. The third-order valence-corrected chi connectivity index (χ3v) is 2.10. The van der Waals surface area contributed by atoms with Crippen molar-refractivity contribution in [2.24, 2.45) is 5.41 Å². The van der Waals surface area contributed by atoms with Crippen molar-refractivity contribution in [2.45, 2.75) is 19.8 Å². The van der Waals surface area contributed by atoms with E-state index in [9.17, 15) is 9.59 Å². The Kier molecular flexibility index (Phi) is 25.6. The number of carbonyl (C=O) groups is 2. The molecular formula is C13H23N2O9-. The minimum atomic E-state index is -1.11. The first-order chi connectivity index (χ1) is 10.8. The quantitative estimate of drug-likeness (QED) is 0.322. The van der Waals surface area contributed by atoms with Gasteiger partial charge in [-0.3, -0.25) is 9.59 Å². The third-order valence-electron chi connectivity index (χ3n) is 2.10. The van der Waals surface area contributed by atoms with Crippen LogP contribution in [-0.2, 0) is 14.3 Å². The summed E-state index contributed by atoms with van der Waals surface area (Å²) in [6.07, 6.45) is -0.548. The molecule has 0 aliphatic heterocycles. The lowest BCUT2D eigenvalue weighted by Crippen LogP contribution is -2.37. The summed E-state index contributed by atoms with van der Waals surface area (Å²) in [5.41, 5.74) is -1.11. The van der Waals surface area contributed by atoms with Crippen molar-refractivity contribution in [3.63, 3.8) is 0 Å². The van der Waals surface area contributed by atoms with Crippen LogP contribution in [0.5, 0.6) is 0 Å². The number of carbonyl (C=O) groups excluding carboxylic acids is 1. The summed E-state index contributed by atoms with van der Waals surface area (Å²) >= 11 is 0. The fraction of sp³-hybridized carbons (Fsp3) is 0.692. The van der Waals surface area contributed by atoms with E-state index in [1.165, 1.54) is 6.07 Å². The Morgan fingerprint density at radius 1 is 0.958 bits per heavy atom. The first-order valence-electron chi connectivity index (χ1n) is 6.37. The molecule has 11 heteroatoms. The van der Waals surface area contributed by atoms with Gasteiger partial charge in [0.15, 0.2) is 0 Å². The van der Waals surface area contributed by atoms with Crippen molar-refractivity contribution in [1.82, 2.24) is 0 Å². The molecule has 24 heavy (non-hydrogen) atoms. The average Bonchev–Trinajstić information content (AvgIpc) is 2.52. The van der Waals surface area contributed by atoms with Gasteiger partial charge in [-0.2, -0.15) is 10.5 Å². The number of carboxylic acid groups (broad SMARTS) is 1. The van der Waals surface area contributed by atoms with E-state index in [2.05, 4.69) is 4.74 Å². The molecule has 0 rings (SSSR count). The van der Waals surface area contributed by atoms with Crippen LogP contribution in [0.25, 0.3) is 0 Å². The van der Waals surface area contributed by atoms with Gasteiger partial charge in [-0.25, -0.2) is 0 Å². The molecule has 0 unspecified atom stereocenters. The largest absolute Gasteiger partial charge is 0.870 e. The lowest BCUT2D eigenvalue weighted by atomic mass is 9.93. The molecule has 0 aromatic heterocycles. The molecule has 140 valence electrons. The number of carboxylic acids is 1. The molecule has 0 atom stereocenters. The van der Waals surface area contributed by atoms with Crippen molar-refractivity contribution < 1.29 is 45.3 Å². The van der Waals surface area contributed by atoms with E-state index in [0.29, 0.717) is 6.61 Å². The summed E-state index contributed by atoms with van der Waals surface area (Å²) in [7, 11) is 0. The Hall–Kier alpha value is -2.28. The number of aliphatic carboxylic acids is 1. The standard InChI is InChI=1S/C5H7NO2.C5H12O4.C3H3NO2.H2O/c1-2-8-5(7)3-4-6;6-1-5(2-7,3-8)4-9;4-2-1-3(5)6;/h2-3H2,1H3;6-9H,1-4H2;1H2,(H,5,6);1H2/p-1. The zero-order valence-corrected chi connectivity index (χ0v) is 13.3. The van der Waals surface area contributed by atoms with Crippen molar-refractivity contribution in [3.05, 3.63) is 0 Å². The average molecular weight is 351 g/mol. The molecule has 0 heterocycles. The van der Waals surface area contributed by atoms with E-state index < -0.39 is 50.2 Å². The van der Waals surface area contributed by atoms with Gasteiger partial charge in [-0.05, 0) is 6.92 Å². The number of aliphatic hydroxyl groups is 4. The van der Waals surface area contributed by atoms with Crippen molar-refractivity contribution in [2.75, 3.05) is 33.0 Å². The Morgan fingerprint density at radius 3 is 1.46 bits per heavy atom. The summed E-state index contributed by atoms with van der Waals surface area (Å²) in [5, 5.41) is 57.2. The number of nitrogens with zero attached hydrogens (tertiary/aromatic N) is 2. The van der Waals surface area contributed by atoms with E-state index in [1.54, 1.807) is 13.0 Å². The number of aliphatic hydroxyl groups excluding tert-OH is 4. The molecule has 0 aromatic rings. The minimum Gasteiger partial charge on any atom is -0.870 e. The number of esters is 1. The molecule has 0 saturated heterocycles. The summed E-state index contributed by atoms with van der Waals surface area (Å²) < 4.78 is 4.42. The molecule has 0 radical (unpaired) electrons. The van der Waals surface area contributed by atoms with Gasteiger partial charge >= 0.3 is 11.9 Å². The van der Waals surface area contributed by atoms with Crippen LogP contribution < -0.4 is 0 Å². The number of hydrogen-bond acceptors (Lipinski definition) is 10. The predicted molar refractivity (Wildman–Crippen MR) is 77.4 cm³/mol. The van der Waals surface area contributed by atoms with E-state index in [1.807, 2.05) is 0 Å². The number of rotatable bonds is 7. The molecule has 6 N–H and O–H groups in total. The Morgan fingerprint density at radius 2 is 1.33 bits per heavy atom. The topological polar surface area (TPSA) is 222 Å². The van der Waals surface area contributed by atoms with Crippen molar-refractivity contribution >= 4 is 11.9 Å². The van der Waals surface area contributed by atoms with Crippen LogP contribution in [0.4, 0.5) is 0 Å². The molecule has 0 aromatic carbocycles. The van der Waals surface area contributed by atoms with Crippen LogP contribution in [0.1, 0.15) is 19.8 Å². The normalized spacial score (nSPS) is 8.62. The Bertz CT molecular complexity index is 380. The highest BCUT2D eigenvalue weighted by Crippen LogP contribution is 2.11. The van der Waals surface area contributed by atoms with Gasteiger partial charge in [-0.15, -0.1) is 0 Å². The number of nitriles is 2. The van der Waals surface area contributed by atoms with E-state index in [0.717, 1.165) is 0 Å². The fourth-order valence-corrected chi connectivity index (χ4v) is 0.644. The molecule has 0 fully saturated rings. The molecule has 11 nitrogen and oxygen atoms in total. The monoisotopic (exact) mass is 351 g/mol. The second kappa shape index (κ2) is 20.7. The maximum atomic E-state index is 10.2. The summed E-state index contributed by atoms with van der Waals surface area (Å²) in [4.78, 5) is 19.6. The summed E-state index contributed by atoms with van der Waals surface area (Å²) in [6.45, 7) is 0.426. The van der Waals surface area contributed by atoms with Crippen LogP contribution in [0, 0.1) is 28.1 Å². The molecule has 0 amide bonds. The van der Waals surface area contributed by atoms with Crippen LogP contribution in [-0.4, -0.2) is 76.0 Å². The number of hydrogen-bond donors (Lipinski definition) is 5. The lowest BCUT2D eigenvalue weighted by Gasteiger charge is -2.23. The van der Waals surface area contributed by atoms with Gasteiger partial charge in [0.25, 0.3) is 0 Å². The van der Waals surface area contributed by atoms with Crippen molar-refractivity contribution in [3.8, 4) is 12.1 Å². The van der Waals surface area contributed by atoms with Gasteiger partial charge < -0.3 is 35.7 Å². The zero-order chi connectivity index (χ0) is 18.7. The Labute approximate surface area is 139 Å². The Balaban J connectivity index is -0.000000125. The van der Waals surface area contributed by atoms with Crippen LogP contribution in [0.2, 0.25) is 0 Å². The zero-order valence-electron chi connectivity index (χ0n) is 13.3. The third kappa shape index (κ3) is 19.7. The molecule has 0 saturated carbocycles. The smallest absolute Gasteiger partial charge is 0.320 e. The fourth-order valence-electron chi connectivity index (χ4n) is 0.644. The van der Waals surface area contributed by atoms with Crippen LogP contribution in [0.3, 0.4) is 0 Å². The number of ether oxygens (including phenoxy) is 1. The maximum Gasteiger partial charge on any atom is 0.320 e. The van der Waals surface area contributed by atoms with E-state index in [4.69, 9.17) is 36.1 Å². The van der Waals surface area contributed by atoms with Gasteiger partial charge in [0.1, 0.15) is 12.8 Å². The van der Waals surface area contributed by atoms with Gasteiger partial charge in [0.2, 0.25) is 0 Å². The summed E-state index contributed by atoms with van der Waals surface area (Å²) in [5.74, 6) is -1.52. The van der Waals surface area contributed by atoms with Gasteiger partial charge in [0, 0.05) is 0 Å². The maximum absolute atomic E-state index is 10.2. The van der Waals surface area contributed by atoms with E-state index >= 15 is 0 Å². The molecule has 0 aliphatic carbocycles. The summed E-state index contributed by atoms with van der Waals surface area (Å²) in [6, 6.07) is 3.15. The first-order valence-corrected chi connectivity index (χ1v) is 6.37. The predicted octanol–water partition coefficient (Wildman–Crippen LogP) is -1.79. The van der Waals surface area contributed by atoms with Crippen LogP contribution in [0.15, 0.2) is 0 Å². The molecular weight excluding hydrogens is 328 g/mol.